The van der Waals surface area contributed by atoms with Gasteiger partial charge in [0.05, 0.1) is 6.61 Å². The zero-order valence-corrected chi connectivity index (χ0v) is 11.6. The van der Waals surface area contributed by atoms with Gasteiger partial charge in [0.1, 0.15) is 6.29 Å². The third-order valence-corrected chi connectivity index (χ3v) is 3.13. The van der Waals surface area contributed by atoms with Crippen molar-refractivity contribution in [2.24, 2.45) is 5.73 Å². The van der Waals surface area contributed by atoms with Gasteiger partial charge in [0.25, 0.3) is 5.91 Å². The summed E-state index contributed by atoms with van der Waals surface area (Å²) in [5.41, 5.74) is 7.60. The van der Waals surface area contributed by atoms with Gasteiger partial charge in [-0.2, -0.15) is 0 Å². The van der Waals surface area contributed by atoms with Crippen molar-refractivity contribution in [3.8, 4) is 0 Å². The van der Waals surface area contributed by atoms with Crippen LogP contribution in [0.4, 0.5) is 0 Å². The number of carbonyl (C=O) groups excluding carboxylic acids is 2. The molecule has 0 saturated heterocycles. The van der Waals surface area contributed by atoms with Gasteiger partial charge in [-0.3, -0.25) is 9.59 Å². The van der Waals surface area contributed by atoms with Crippen LogP contribution in [0.15, 0.2) is 54.6 Å². The number of nitrogens with two attached hydrogens (primary N) is 1. The molecule has 108 valence electrons. The number of hydrogen-bond donors (Lipinski definition) is 1. The lowest BCUT2D eigenvalue weighted by Crippen LogP contribution is -2.24. The normalized spacial score (nSPS) is 11.8. The summed E-state index contributed by atoms with van der Waals surface area (Å²) in [6.07, 6.45) is 0.581. The lowest BCUT2D eigenvalue weighted by atomic mass is 10.1. The first-order valence-corrected chi connectivity index (χ1v) is 6.70. The number of carbonyl (C=O) groups is 2. The van der Waals surface area contributed by atoms with E-state index in [0.717, 1.165) is 11.8 Å². The summed E-state index contributed by atoms with van der Waals surface area (Å²) >= 11 is 0. The Bertz CT molecular complexity index is 610. The van der Waals surface area contributed by atoms with Crippen molar-refractivity contribution < 1.29 is 14.3 Å². The fourth-order valence-corrected chi connectivity index (χ4v) is 2.08. The molecule has 0 aliphatic carbocycles. The van der Waals surface area contributed by atoms with Gasteiger partial charge in [-0.25, -0.2) is 0 Å². The van der Waals surface area contributed by atoms with Crippen molar-refractivity contribution in [1.29, 1.82) is 0 Å². The molecule has 2 aromatic carbocycles. The molecule has 0 aliphatic rings. The third kappa shape index (κ3) is 4.26. The van der Waals surface area contributed by atoms with Gasteiger partial charge >= 0.3 is 0 Å². The first kappa shape index (κ1) is 14.9. The zero-order chi connectivity index (χ0) is 15.1. The lowest BCUT2D eigenvalue weighted by molar-refractivity contribution is -0.129. The van der Waals surface area contributed by atoms with Crippen LogP contribution in [0.1, 0.15) is 27.6 Å². The Morgan fingerprint density at radius 2 is 1.90 bits per heavy atom. The Kier molecular flexibility index (Phi) is 5.23. The van der Waals surface area contributed by atoms with Crippen molar-refractivity contribution >= 4 is 12.2 Å². The fourth-order valence-electron chi connectivity index (χ4n) is 2.08. The SMILES string of the molecule is NC(=O)C(OCCc1ccccc1)c1cccc(C=O)c1. The number of benzene rings is 2. The second-order valence-corrected chi connectivity index (χ2v) is 4.68. The van der Waals surface area contributed by atoms with Crippen LogP contribution in [0, 0.1) is 0 Å². The molecule has 2 rings (SSSR count). The molecule has 4 heteroatoms. The van der Waals surface area contributed by atoms with Gasteiger partial charge in [-0.05, 0) is 23.6 Å². The van der Waals surface area contributed by atoms with E-state index in [4.69, 9.17) is 10.5 Å². The summed E-state index contributed by atoms with van der Waals surface area (Å²) in [6.45, 7) is 0.378. The van der Waals surface area contributed by atoms with Crippen molar-refractivity contribution in [3.63, 3.8) is 0 Å². The first-order valence-electron chi connectivity index (χ1n) is 6.70. The zero-order valence-electron chi connectivity index (χ0n) is 11.6. The number of aldehydes is 1. The molecule has 0 aliphatic heterocycles. The Hall–Kier alpha value is -2.46. The van der Waals surface area contributed by atoms with Crippen LogP contribution < -0.4 is 5.73 Å². The number of ether oxygens (including phenoxy) is 1. The second kappa shape index (κ2) is 7.36. The molecule has 0 radical (unpaired) electrons. The Morgan fingerprint density at radius 1 is 1.14 bits per heavy atom. The van der Waals surface area contributed by atoms with Crippen molar-refractivity contribution in [3.05, 3.63) is 71.3 Å². The first-order chi connectivity index (χ1) is 10.2. The molecule has 1 amide bonds. The van der Waals surface area contributed by atoms with E-state index in [-0.39, 0.29) is 0 Å². The Balaban J connectivity index is 2.02. The van der Waals surface area contributed by atoms with E-state index < -0.39 is 12.0 Å². The molecule has 0 aromatic heterocycles. The molecule has 21 heavy (non-hydrogen) atoms. The summed E-state index contributed by atoms with van der Waals surface area (Å²) in [7, 11) is 0. The highest BCUT2D eigenvalue weighted by Gasteiger charge is 2.18. The molecule has 2 N–H and O–H groups in total. The fraction of sp³-hybridized carbons (Fsp3) is 0.176. The number of hydrogen-bond acceptors (Lipinski definition) is 3. The van der Waals surface area contributed by atoms with Gasteiger partial charge in [0.15, 0.2) is 6.10 Å². The average Bonchev–Trinajstić information content (AvgIpc) is 2.52. The van der Waals surface area contributed by atoms with Crippen LogP contribution in [-0.2, 0) is 16.0 Å². The van der Waals surface area contributed by atoms with Crippen LogP contribution in [0.2, 0.25) is 0 Å². The van der Waals surface area contributed by atoms with Gasteiger partial charge < -0.3 is 10.5 Å². The van der Waals surface area contributed by atoms with Crippen LogP contribution in [0.3, 0.4) is 0 Å². The summed E-state index contributed by atoms with van der Waals surface area (Å²) in [6, 6.07) is 16.6. The minimum atomic E-state index is -0.839. The lowest BCUT2D eigenvalue weighted by Gasteiger charge is -2.15. The minimum absolute atomic E-state index is 0.378. The minimum Gasteiger partial charge on any atom is -0.367 e. The molecule has 4 nitrogen and oxygen atoms in total. The van der Waals surface area contributed by atoms with Crippen molar-refractivity contribution in [2.45, 2.75) is 12.5 Å². The van der Waals surface area contributed by atoms with Crippen LogP contribution in [-0.4, -0.2) is 18.8 Å². The smallest absolute Gasteiger partial charge is 0.251 e. The van der Waals surface area contributed by atoms with E-state index in [9.17, 15) is 9.59 Å². The van der Waals surface area contributed by atoms with E-state index in [1.54, 1.807) is 24.3 Å². The van der Waals surface area contributed by atoms with E-state index in [1.165, 1.54) is 0 Å². The van der Waals surface area contributed by atoms with E-state index in [0.29, 0.717) is 24.2 Å². The molecule has 0 heterocycles. The molecular weight excluding hydrogens is 266 g/mol. The highest BCUT2D eigenvalue weighted by Crippen LogP contribution is 2.18. The monoisotopic (exact) mass is 283 g/mol. The maximum atomic E-state index is 11.6. The summed E-state index contributed by atoms with van der Waals surface area (Å²) in [5, 5.41) is 0. The van der Waals surface area contributed by atoms with Crippen LogP contribution in [0.25, 0.3) is 0 Å². The average molecular weight is 283 g/mol. The summed E-state index contributed by atoms with van der Waals surface area (Å²) in [4.78, 5) is 22.3. The third-order valence-electron chi connectivity index (χ3n) is 3.13. The van der Waals surface area contributed by atoms with Crippen LogP contribution >= 0.6 is 0 Å². The number of rotatable bonds is 7. The molecule has 0 fully saturated rings. The van der Waals surface area contributed by atoms with Gasteiger partial charge in [0, 0.05) is 5.56 Å². The molecule has 0 spiro atoms. The maximum Gasteiger partial charge on any atom is 0.251 e. The largest absolute Gasteiger partial charge is 0.367 e. The molecule has 1 atom stereocenters. The van der Waals surface area contributed by atoms with Crippen molar-refractivity contribution in [2.75, 3.05) is 6.61 Å². The van der Waals surface area contributed by atoms with Gasteiger partial charge in [-0.15, -0.1) is 0 Å². The maximum absolute atomic E-state index is 11.6. The van der Waals surface area contributed by atoms with Crippen molar-refractivity contribution in [1.82, 2.24) is 0 Å². The molecular formula is C17H17NO3. The predicted molar refractivity (Wildman–Crippen MR) is 79.9 cm³/mol. The number of primary amides is 1. The molecule has 0 bridgehead atoms. The molecule has 2 aromatic rings. The predicted octanol–water partition coefficient (Wildman–Crippen LogP) is 2.28. The Morgan fingerprint density at radius 3 is 2.57 bits per heavy atom. The molecule has 0 saturated carbocycles. The Labute approximate surface area is 123 Å². The molecule has 1 unspecified atom stereocenters. The second-order valence-electron chi connectivity index (χ2n) is 4.68. The number of amides is 1. The topological polar surface area (TPSA) is 69.4 Å². The standard InChI is InChI=1S/C17H17NO3/c18-17(20)16(15-8-4-7-14(11-15)12-19)21-10-9-13-5-2-1-3-6-13/h1-8,11-12,16H,9-10H2,(H2,18,20). The van der Waals surface area contributed by atoms with Crippen LogP contribution in [0.5, 0.6) is 0 Å². The van der Waals surface area contributed by atoms with E-state index in [2.05, 4.69) is 0 Å². The van der Waals surface area contributed by atoms with E-state index in [1.807, 2.05) is 30.3 Å². The quantitative estimate of drug-likeness (QED) is 0.793. The highest BCUT2D eigenvalue weighted by atomic mass is 16.5. The highest BCUT2D eigenvalue weighted by molar-refractivity contribution is 5.82. The summed E-state index contributed by atoms with van der Waals surface area (Å²) < 4.78 is 5.60. The van der Waals surface area contributed by atoms with Gasteiger partial charge in [0.2, 0.25) is 0 Å². The van der Waals surface area contributed by atoms with E-state index >= 15 is 0 Å². The van der Waals surface area contributed by atoms with Gasteiger partial charge in [-0.1, -0.05) is 48.5 Å². The summed E-state index contributed by atoms with van der Waals surface area (Å²) in [5.74, 6) is -0.564.